The maximum absolute atomic E-state index is 11.1. The first-order valence-corrected chi connectivity index (χ1v) is 7.10. The smallest absolute Gasteiger partial charge is 0.308 e. The molecule has 1 unspecified atom stereocenters. The number of rotatable bonds is 8. The van der Waals surface area contributed by atoms with Crippen LogP contribution in [0, 0.1) is 0 Å². The predicted molar refractivity (Wildman–Crippen MR) is 79.4 cm³/mol. The zero-order valence-corrected chi connectivity index (χ0v) is 13.5. The van der Waals surface area contributed by atoms with Crippen molar-refractivity contribution < 1.29 is 28.5 Å². The fraction of sp³-hybridized carbons (Fsp3) is 0.667. The first kappa shape index (κ1) is 18.2. The molecule has 0 saturated heterocycles. The van der Waals surface area contributed by atoms with Gasteiger partial charge in [-0.15, -0.1) is 0 Å². The number of carbonyl (C=O) groups excluding carboxylic acids is 2. The molecule has 1 aliphatic rings. The van der Waals surface area contributed by atoms with Gasteiger partial charge in [-0.05, 0) is 13.8 Å². The molecule has 0 aromatic heterocycles. The molecule has 7 heteroatoms. The molecule has 7 nitrogen and oxygen atoms in total. The molecule has 0 amide bonds. The van der Waals surface area contributed by atoms with Crippen LogP contribution in [0.2, 0.25) is 0 Å². The number of aliphatic imine (C=N–C) groups is 1. The Bertz CT molecular complexity index is 469. The topological polar surface area (TPSA) is 83.4 Å². The third-order valence-corrected chi connectivity index (χ3v) is 3.25. The number of hydrogen-bond acceptors (Lipinski definition) is 7. The van der Waals surface area contributed by atoms with E-state index >= 15 is 0 Å². The van der Waals surface area contributed by atoms with Crippen molar-refractivity contribution in [3.63, 3.8) is 0 Å². The maximum atomic E-state index is 11.1. The number of ether oxygens (including phenoxy) is 4. The van der Waals surface area contributed by atoms with Crippen molar-refractivity contribution in [2.45, 2.75) is 39.2 Å². The van der Waals surface area contributed by atoms with Crippen molar-refractivity contribution in [1.82, 2.24) is 0 Å². The summed E-state index contributed by atoms with van der Waals surface area (Å²) in [7, 11) is 2.68. The summed E-state index contributed by atoms with van der Waals surface area (Å²) in [5.41, 5.74) is 1.61. The minimum Gasteiger partial charge on any atom is -0.495 e. The van der Waals surface area contributed by atoms with Crippen LogP contribution >= 0.6 is 0 Å². The molecule has 0 bridgehead atoms. The first-order valence-electron chi connectivity index (χ1n) is 7.10. The summed E-state index contributed by atoms with van der Waals surface area (Å²) in [5, 5.41) is 0. The number of methoxy groups -OCH3 is 2. The van der Waals surface area contributed by atoms with Gasteiger partial charge in [0.05, 0.1) is 46.0 Å². The van der Waals surface area contributed by atoms with Crippen molar-refractivity contribution in [1.29, 1.82) is 0 Å². The molecule has 0 aromatic carbocycles. The van der Waals surface area contributed by atoms with Gasteiger partial charge in [0.15, 0.2) is 0 Å². The fourth-order valence-electron chi connectivity index (χ4n) is 1.95. The number of nitrogens with zero attached hydrogens (tertiary/aromatic N) is 1. The summed E-state index contributed by atoms with van der Waals surface area (Å²) in [4.78, 5) is 26.5. The van der Waals surface area contributed by atoms with Crippen LogP contribution in [0.4, 0.5) is 0 Å². The highest BCUT2D eigenvalue weighted by Crippen LogP contribution is 2.23. The van der Waals surface area contributed by atoms with E-state index in [0.717, 1.165) is 11.4 Å². The van der Waals surface area contributed by atoms with Gasteiger partial charge in [-0.2, -0.15) is 0 Å². The first-order chi connectivity index (χ1) is 10.5. The molecule has 1 heterocycles. The van der Waals surface area contributed by atoms with Crippen LogP contribution in [0.25, 0.3) is 0 Å². The second kappa shape index (κ2) is 9.19. The molecule has 0 radical (unpaired) electrons. The van der Waals surface area contributed by atoms with Gasteiger partial charge < -0.3 is 18.9 Å². The Morgan fingerprint density at radius 1 is 1.09 bits per heavy atom. The van der Waals surface area contributed by atoms with E-state index in [1.807, 2.05) is 13.8 Å². The van der Waals surface area contributed by atoms with Crippen LogP contribution in [0.3, 0.4) is 0 Å². The Kier molecular flexibility index (Phi) is 7.59. The minimum atomic E-state index is -0.320. The fourth-order valence-corrected chi connectivity index (χ4v) is 1.95. The van der Waals surface area contributed by atoms with E-state index in [-0.39, 0.29) is 44.1 Å². The SMILES string of the molecule is COC(=O)CCOC1=C(C)N=C(C)C(OCCC(=O)OC)C1. The lowest BCUT2D eigenvalue weighted by molar-refractivity contribution is -0.142. The van der Waals surface area contributed by atoms with Crippen LogP contribution in [-0.4, -0.2) is 51.2 Å². The van der Waals surface area contributed by atoms with Crippen LogP contribution < -0.4 is 0 Å². The molecule has 124 valence electrons. The van der Waals surface area contributed by atoms with E-state index in [1.165, 1.54) is 14.2 Å². The van der Waals surface area contributed by atoms with Crippen LogP contribution in [0.1, 0.15) is 33.1 Å². The van der Waals surface area contributed by atoms with Crippen molar-refractivity contribution in [3.05, 3.63) is 11.5 Å². The lowest BCUT2D eigenvalue weighted by atomic mass is 10.1. The average Bonchev–Trinajstić information content (AvgIpc) is 2.50. The zero-order chi connectivity index (χ0) is 16.5. The van der Waals surface area contributed by atoms with Gasteiger partial charge in [-0.1, -0.05) is 0 Å². The highest BCUT2D eigenvalue weighted by Gasteiger charge is 2.23. The number of allylic oxidation sites excluding steroid dienone is 1. The molecule has 1 atom stereocenters. The average molecular weight is 313 g/mol. The van der Waals surface area contributed by atoms with Gasteiger partial charge in [0.2, 0.25) is 0 Å². The van der Waals surface area contributed by atoms with Crippen LogP contribution in [0.5, 0.6) is 0 Å². The largest absolute Gasteiger partial charge is 0.495 e. The molecule has 0 saturated carbocycles. The predicted octanol–water partition coefficient (Wildman–Crippen LogP) is 1.61. The second-order valence-electron chi connectivity index (χ2n) is 4.83. The lowest BCUT2D eigenvalue weighted by Gasteiger charge is -2.24. The third-order valence-electron chi connectivity index (χ3n) is 3.25. The minimum absolute atomic E-state index is 0.184. The molecule has 0 aliphatic carbocycles. The quantitative estimate of drug-likeness (QED) is 0.633. The van der Waals surface area contributed by atoms with E-state index in [1.54, 1.807) is 0 Å². The molecule has 1 rings (SSSR count). The van der Waals surface area contributed by atoms with Gasteiger partial charge in [-0.25, -0.2) is 0 Å². The van der Waals surface area contributed by atoms with Crippen LogP contribution in [0.15, 0.2) is 16.4 Å². The highest BCUT2D eigenvalue weighted by molar-refractivity contribution is 5.88. The Labute approximate surface area is 130 Å². The molecule has 22 heavy (non-hydrogen) atoms. The zero-order valence-electron chi connectivity index (χ0n) is 13.5. The Hall–Kier alpha value is -1.89. The van der Waals surface area contributed by atoms with E-state index in [2.05, 4.69) is 14.5 Å². The lowest BCUT2D eigenvalue weighted by Crippen LogP contribution is -2.28. The maximum Gasteiger partial charge on any atom is 0.308 e. The summed E-state index contributed by atoms with van der Waals surface area (Å²) in [6.45, 7) is 4.22. The Morgan fingerprint density at radius 2 is 1.68 bits per heavy atom. The van der Waals surface area contributed by atoms with E-state index in [0.29, 0.717) is 12.2 Å². The summed E-state index contributed by atoms with van der Waals surface area (Å²) >= 11 is 0. The van der Waals surface area contributed by atoms with Crippen molar-refractivity contribution in [2.24, 2.45) is 4.99 Å². The van der Waals surface area contributed by atoms with Crippen LogP contribution in [-0.2, 0) is 28.5 Å². The van der Waals surface area contributed by atoms with Gasteiger partial charge in [0, 0.05) is 12.1 Å². The van der Waals surface area contributed by atoms with E-state index in [9.17, 15) is 9.59 Å². The molecule has 1 aliphatic heterocycles. The standard InChI is InChI=1S/C15H23NO6/c1-10-12(21-7-5-14(17)19-3)9-13(11(2)16-10)22-8-6-15(18)20-4/h12H,5-9H2,1-4H3. The molecular weight excluding hydrogens is 290 g/mol. The van der Waals surface area contributed by atoms with Gasteiger partial charge in [0.1, 0.15) is 11.9 Å². The summed E-state index contributed by atoms with van der Waals surface area (Å²) in [5.74, 6) is 0.0591. The van der Waals surface area contributed by atoms with Gasteiger partial charge in [0.25, 0.3) is 0 Å². The van der Waals surface area contributed by atoms with Gasteiger partial charge in [-0.3, -0.25) is 14.6 Å². The molecule has 0 aromatic rings. The third kappa shape index (κ3) is 5.85. The van der Waals surface area contributed by atoms with Gasteiger partial charge >= 0.3 is 11.9 Å². The van der Waals surface area contributed by atoms with E-state index < -0.39 is 0 Å². The Morgan fingerprint density at radius 3 is 2.27 bits per heavy atom. The van der Waals surface area contributed by atoms with Crippen molar-refractivity contribution >= 4 is 17.7 Å². The van der Waals surface area contributed by atoms with Crippen molar-refractivity contribution in [2.75, 3.05) is 27.4 Å². The summed E-state index contributed by atoms with van der Waals surface area (Å²) < 4.78 is 20.4. The second-order valence-corrected chi connectivity index (χ2v) is 4.83. The molecule has 0 spiro atoms. The summed E-state index contributed by atoms with van der Waals surface area (Å²) in [6.07, 6.45) is 0.677. The Balaban J connectivity index is 2.48. The number of carbonyl (C=O) groups is 2. The number of hydrogen-bond donors (Lipinski definition) is 0. The number of esters is 2. The van der Waals surface area contributed by atoms with E-state index in [4.69, 9.17) is 9.47 Å². The molecule has 0 N–H and O–H groups in total. The summed E-state index contributed by atoms with van der Waals surface area (Å²) in [6, 6.07) is 0. The molecular formula is C15H23NO6. The molecule has 0 fully saturated rings. The monoisotopic (exact) mass is 313 g/mol. The normalized spacial score (nSPS) is 17.8. The highest BCUT2D eigenvalue weighted by atomic mass is 16.5. The van der Waals surface area contributed by atoms with Crippen molar-refractivity contribution in [3.8, 4) is 0 Å².